The zero-order chi connectivity index (χ0) is 10.3. The van der Waals surface area contributed by atoms with Crippen molar-refractivity contribution in [3.8, 4) is 0 Å². The molecule has 3 aliphatic carbocycles. The number of aliphatic hydroxyl groups excluding tert-OH is 1. The Bertz CT molecular complexity index is 325. The van der Waals surface area contributed by atoms with E-state index in [9.17, 15) is 9.90 Å². The van der Waals surface area contributed by atoms with Crippen LogP contribution in [-0.4, -0.2) is 17.4 Å². The minimum absolute atomic E-state index is 0.103. The van der Waals surface area contributed by atoms with Gasteiger partial charge in [-0.05, 0) is 50.4 Å². The summed E-state index contributed by atoms with van der Waals surface area (Å²) in [6.07, 6.45) is 5.86. The number of ether oxygens (including phenoxy) is 1. The fraction of sp³-hybridized carbons (Fsp3) is 0.917. The summed E-state index contributed by atoms with van der Waals surface area (Å²) in [6, 6.07) is 0. The van der Waals surface area contributed by atoms with E-state index in [-0.39, 0.29) is 16.8 Å². The first-order valence-corrected chi connectivity index (χ1v) is 6.11. The maximum Gasteiger partial charge on any atom is 0.315 e. The molecule has 0 amide bonds. The Kier molecular flexibility index (Phi) is 1.28. The van der Waals surface area contributed by atoms with Crippen LogP contribution in [0.3, 0.4) is 0 Å². The number of carbonyl (C=O) groups is 1. The normalized spacial score (nSPS) is 40.6. The lowest BCUT2D eigenvalue weighted by molar-refractivity contribution is -0.165. The summed E-state index contributed by atoms with van der Waals surface area (Å²) in [5.41, 5.74) is -0.418. The first-order chi connectivity index (χ1) is 7.22. The summed E-state index contributed by atoms with van der Waals surface area (Å²) in [4.78, 5) is 11.9. The molecule has 1 aliphatic heterocycles. The van der Waals surface area contributed by atoms with Gasteiger partial charge in [0.25, 0.3) is 0 Å². The molecule has 0 bridgehead atoms. The molecule has 1 heterocycles. The summed E-state index contributed by atoms with van der Waals surface area (Å²) >= 11 is 0. The second kappa shape index (κ2) is 2.24. The van der Waals surface area contributed by atoms with Crippen molar-refractivity contribution in [1.82, 2.24) is 0 Å². The largest absolute Gasteiger partial charge is 0.435 e. The van der Waals surface area contributed by atoms with Gasteiger partial charge in [-0.3, -0.25) is 4.79 Å². The molecular weight excluding hydrogens is 192 g/mol. The molecule has 1 saturated heterocycles. The minimum Gasteiger partial charge on any atom is -0.435 e. The van der Waals surface area contributed by atoms with Gasteiger partial charge in [0, 0.05) is 0 Å². The van der Waals surface area contributed by atoms with Crippen LogP contribution < -0.4 is 0 Å². The third-order valence-corrected chi connectivity index (χ3v) is 5.10. The predicted molar refractivity (Wildman–Crippen MR) is 51.6 cm³/mol. The lowest BCUT2D eigenvalue weighted by atomic mass is 9.66. The highest BCUT2D eigenvalue weighted by molar-refractivity contribution is 5.84. The Labute approximate surface area is 88.8 Å². The summed E-state index contributed by atoms with van der Waals surface area (Å²) < 4.78 is 5.17. The molecule has 1 N–H and O–H groups in total. The monoisotopic (exact) mass is 208 g/mol. The SMILES string of the molecule is O=C1OC(O)C(C2CC2)(C2CC2)C12CC2. The van der Waals surface area contributed by atoms with Crippen LogP contribution >= 0.6 is 0 Å². The van der Waals surface area contributed by atoms with Crippen LogP contribution in [0.25, 0.3) is 0 Å². The van der Waals surface area contributed by atoms with Gasteiger partial charge >= 0.3 is 5.97 Å². The van der Waals surface area contributed by atoms with E-state index in [1.807, 2.05) is 0 Å². The molecule has 0 aromatic heterocycles. The topological polar surface area (TPSA) is 46.5 Å². The Morgan fingerprint density at radius 3 is 2.07 bits per heavy atom. The van der Waals surface area contributed by atoms with Crippen molar-refractivity contribution < 1.29 is 14.6 Å². The van der Waals surface area contributed by atoms with Gasteiger partial charge in [0.1, 0.15) is 0 Å². The molecule has 0 aromatic carbocycles. The van der Waals surface area contributed by atoms with E-state index >= 15 is 0 Å². The number of rotatable bonds is 2. The third-order valence-electron chi connectivity index (χ3n) is 5.10. The van der Waals surface area contributed by atoms with Crippen LogP contribution in [0.1, 0.15) is 38.5 Å². The summed E-state index contributed by atoms with van der Waals surface area (Å²) in [5.74, 6) is 1.02. The maximum atomic E-state index is 11.9. The molecule has 4 aliphatic rings. The van der Waals surface area contributed by atoms with Gasteiger partial charge in [-0.2, -0.15) is 0 Å². The van der Waals surface area contributed by atoms with Crippen molar-refractivity contribution in [3.63, 3.8) is 0 Å². The smallest absolute Gasteiger partial charge is 0.315 e. The predicted octanol–water partition coefficient (Wildman–Crippen LogP) is 1.45. The molecule has 1 atom stereocenters. The van der Waals surface area contributed by atoms with Gasteiger partial charge in [-0.15, -0.1) is 0 Å². The fourth-order valence-corrected chi connectivity index (χ4v) is 4.13. The standard InChI is InChI=1S/C12H16O3/c13-9-11(5-6-11)12(7-1-2-7,8-3-4-8)10(14)15-9/h7-8,10,14H,1-6H2. The highest BCUT2D eigenvalue weighted by Crippen LogP contribution is 2.77. The molecule has 15 heavy (non-hydrogen) atoms. The number of hydrogen-bond acceptors (Lipinski definition) is 3. The second-order valence-corrected chi connectivity index (χ2v) is 5.82. The van der Waals surface area contributed by atoms with E-state index in [0.717, 1.165) is 12.8 Å². The van der Waals surface area contributed by atoms with Gasteiger partial charge in [-0.1, -0.05) is 0 Å². The van der Waals surface area contributed by atoms with E-state index in [1.54, 1.807) is 0 Å². The Morgan fingerprint density at radius 1 is 1.13 bits per heavy atom. The highest BCUT2D eigenvalue weighted by Gasteiger charge is 2.80. The highest BCUT2D eigenvalue weighted by atomic mass is 16.6. The molecule has 3 nitrogen and oxygen atoms in total. The second-order valence-electron chi connectivity index (χ2n) is 5.82. The molecule has 4 fully saturated rings. The van der Waals surface area contributed by atoms with Gasteiger partial charge in [-0.25, -0.2) is 0 Å². The first-order valence-electron chi connectivity index (χ1n) is 6.11. The van der Waals surface area contributed by atoms with Crippen LogP contribution in [0.2, 0.25) is 0 Å². The lowest BCUT2D eigenvalue weighted by Crippen LogP contribution is -2.42. The van der Waals surface area contributed by atoms with Crippen molar-refractivity contribution in [1.29, 1.82) is 0 Å². The van der Waals surface area contributed by atoms with Crippen LogP contribution in [0.15, 0.2) is 0 Å². The van der Waals surface area contributed by atoms with Crippen molar-refractivity contribution in [2.75, 3.05) is 0 Å². The fourth-order valence-electron chi connectivity index (χ4n) is 4.13. The van der Waals surface area contributed by atoms with Crippen molar-refractivity contribution in [2.24, 2.45) is 22.7 Å². The first kappa shape index (κ1) is 8.57. The van der Waals surface area contributed by atoms with Crippen molar-refractivity contribution in [3.05, 3.63) is 0 Å². The number of aliphatic hydroxyl groups is 1. The minimum atomic E-state index is -0.799. The van der Waals surface area contributed by atoms with Crippen LogP contribution in [0, 0.1) is 22.7 Å². The summed E-state index contributed by atoms with van der Waals surface area (Å²) in [6.45, 7) is 0. The number of carbonyl (C=O) groups excluding carboxylic acids is 1. The Balaban J connectivity index is 1.85. The van der Waals surface area contributed by atoms with E-state index in [4.69, 9.17) is 4.74 Å². The van der Waals surface area contributed by atoms with Gasteiger partial charge in [0.05, 0.1) is 10.8 Å². The summed E-state index contributed by atoms with van der Waals surface area (Å²) in [7, 11) is 0. The van der Waals surface area contributed by atoms with E-state index in [2.05, 4.69) is 0 Å². The molecule has 1 unspecified atom stereocenters. The van der Waals surface area contributed by atoms with Crippen LogP contribution in [0.4, 0.5) is 0 Å². The van der Waals surface area contributed by atoms with Crippen molar-refractivity contribution >= 4 is 5.97 Å². The average molecular weight is 208 g/mol. The van der Waals surface area contributed by atoms with E-state index < -0.39 is 6.29 Å². The number of esters is 1. The third kappa shape index (κ3) is 0.780. The van der Waals surface area contributed by atoms with Crippen LogP contribution in [0.5, 0.6) is 0 Å². The van der Waals surface area contributed by atoms with E-state index in [0.29, 0.717) is 11.8 Å². The number of hydrogen-bond donors (Lipinski definition) is 1. The molecule has 0 aromatic rings. The summed E-state index contributed by atoms with van der Waals surface area (Å²) in [5, 5.41) is 10.2. The molecule has 3 saturated carbocycles. The van der Waals surface area contributed by atoms with Gasteiger partial charge < -0.3 is 9.84 Å². The van der Waals surface area contributed by atoms with Gasteiger partial charge in [0.15, 0.2) is 0 Å². The molecule has 4 rings (SSSR count). The zero-order valence-electron chi connectivity index (χ0n) is 8.74. The average Bonchev–Trinajstić information content (AvgIpc) is 3.07. The molecular formula is C12H16O3. The zero-order valence-corrected chi connectivity index (χ0v) is 8.74. The van der Waals surface area contributed by atoms with Gasteiger partial charge in [0.2, 0.25) is 6.29 Å². The maximum absolute atomic E-state index is 11.9. The number of cyclic esters (lactones) is 1. The Morgan fingerprint density at radius 2 is 1.67 bits per heavy atom. The molecule has 82 valence electrons. The molecule has 0 radical (unpaired) electrons. The Hall–Kier alpha value is -0.570. The molecule has 3 heteroatoms. The van der Waals surface area contributed by atoms with Crippen molar-refractivity contribution in [2.45, 2.75) is 44.8 Å². The van der Waals surface area contributed by atoms with E-state index in [1.165, 1.54) is 25.7 Å². The lowest BCUT2D eigenvalue weighted by Gasteiger charge is -2.35. The molecule has 1 spiro atoms. The quantitative estimate of drug-likeness (QED) is 0.699. The van der Waals surface area contributed by atoms with Crippen LogP contribution in [-0.2, 0) is 9.53 Å².